The van der Waals surface area contributed by atoms with Gasteiger partial charge >= 0.3 is 5.97 Å². The molecule has 0 aliphatic carbocycles. The van der Waals surface area contributed by atoms with Crippen LogP contribution in [-0.2, 0) is 9.53 Å². The van der Waals surface area contributed by atoms with Gasteiger partial charge in [0.15, 0.2) is 0 Å². The largest absolute Gasteiger partial charge is 0.465 e. The predicted octanol–water partition coefficient (Wildman–Crippen LogP) is 2.20. The lowest BCUT2D eigenvalue weighted by Crippen LogP contribution is -2.12. The fourth-order valence-corrected chi connectivity index (χ4v) is 0.927. The van der Waals surface area contributed by atoms with Crippen LogP contribution in [-0.4, -0.2) is 18.5 Å². The maximum atomic E-state index is 10.6. The van der Waals surface area contributed by atoms with Crippen molar-refractivity contribution in [1.29, 1.82) is 0 Å². The molecule has 0 saturated carbocycles. The molecular formula is C8H15ClO2. The lowest BCUT2D eigenvalue weighted by Gasteiger charge is -2.09. The van der Waals surface area contributed by atoms with Gasteiger partial charge in [0.2, 0.25) is 0 Å². The molecule has 1 unspecified atom stereocenters. The Morgan fingerprint density at radius 2 is 2.27 bits per heavy atom. The van der Waals surface area contributed by atoms with Crippen LogP contribution in [0.3, 0.4) is 0 Å². The number of ether oxygens (including phenoxy) is 1. The van der Waals surface area contributed by atoms with Gasteiger partial charge in [-0.25, -0.2) is 0 Å². The monoisotopic (exact) mass is 178 g/mol. The Hall–Kier alpha value is -0.240. The number of esters is 1. The van der Waals surface area contributed by atoms with Gasteiger partial charge in [0, 0.05) is 0 Å². The third-order valence-electron chi connectivity index (χ3n) is 1.42. The zero-order valence-electron chi connectivity index (χ0n) is 7.10. The number of carbonyl (C=O) groups is 1. The number of alkyl halides is 1. The van der Waals surface area contributed by atoms with Crippen LogP contribution < -0.4 is 0 Å². The Labute approximate surface area is 72.9 Å². The Kier molecular flexibility index (Phi) is 6.33. The van der Waals surface area contributed by atoms with Crippen molar-refractivity contribution in [3.63, 3.8) is 0 Å². The summed E-state index contributed by atoms with van der Waals surface area (Å²) in [6.07, 6.45) is 2.22. The highest BCUT2D eigenvalue weighted by atomic mass is 35.5. The van der Waals surface area contributed by atoms with E-state index in [4.69, 9.17) is 16.3 Å². The summed E-state index contributed by atoms with van der Waals surface area (Å²) in [4.78, 5) is 10.6. The minimum absolute atomic E-state index is 0.0428. The summed E-state index contributed by atoms with van der Waals surface area (Å²) in [5, 5.41) is 0. The van der Waals surface area contributed by atoms with Crippen molar-refractivity contribution in [3.05, 3.63) is 0 Å². The molecule has 3 heteroatoms. The molecule has 0 aromatic carbocycles. The van der Waals surface area contributed by atoms with E-state index < -0.39 is 0 Å². The number of hydrogen-bond donors (Lipinski definition) is 0. The minimum atomic E-state index is -0.324. The Morgan fingerprint density at radius 1 is 1.64 bits per heavy atom. The average Bonchev–Trinajstić information content (AvgIpc) is 2.01. The van der Waals surface area contributed by atoms with Crippen LogP contribution in [0.1, 0.15) is 26.7 Å². The van der Waals surface area contributed by atoms with Crippen molar-refractivity contribution >= 4 is 17.6 Å². The summed E-state index contributed by atoms with van der Waals surface area (Å²) in [7, 11) is 0. The second-order valence-corrected chi connectivity index (χ2v) is 2.98. The maximum absolute atomic E-state index is 10.6. The van der Waals surface area contributed by atoms with Gasteiger partial charge in [0.05, 0.1) is 6.61 Å². The second kappa shape index (κ2) is 6.47. The Balaban J connectivity index is 3.29. The molecule has 0 aliphatic rings. The Bertz CT molecular complexity index is 115. The summed E-state index contributed by atoms with van der Waals surface area (Å²) in [6.45, 7) is 4.67. The third kappa shape index (κ3) is 6.17. The average molecular weight is 179 g/mol. The summed E-state index contributed by atoms with van der Waals surface area (Å²) in [5.41, 5.74) is 0. The first-order chi connectivity index (χ1) is 5.20. The van der Waals surface area contributed by atoms with Gasteiger partial charge in [-0.15, -0.1) is 11.6 Å². The third-order valence-corrected chi connectivity index (χ3v) is 1.64. The molecule has 0 saturated heterocycles. The second-order valence-electron chi connectivity index (χ2n) is 2.71. The van der Waals surface area contributed by atoms with E-state index in [9.17, 15) is 4.79 Å². The molecule has 0 bridgehead atoms. The van der Waals surface area contributed by atoms with E-state index in [0.717, 1.165) is 12.8 Å². The molecular weight excluding hydrogens is 164 g/mol. The summed E-state index contributed by atoms with van der Waals surface area (Å²) >= 11 is 5.24. The summed E-state index contributed by atoms with van der Waals surface area (Å²) in [5.74, 6) is 0.0838. The molecule has 0 aliphatic heterocycles. The highest BCUT2D eigenvalue weighted by Crippen LogP contribution is 2.04. The number of rotatable bonds is 5. The van der Waals surface area contributed by atoms with E-state index in [0.29, 0.717) is 12.5 Å². The highest BCUT2D eigenvalue weighted by molar-refractivity contribution is 6.26. The van der Waals surface area contributed by atoms with E-state index in [-0.39, 0.29) is 11.8 Å². The van der Waals surface area contributed by atoms with Gasteiger partial charge in [-0.2, -0.15) is 0 Å². The first-order valence-electron chi connectivity index (χ1n) is 3.92. The number of halogens is 1. The van der Waals surface area contributed by atoms with E-state index in [1.807, 2.05) is 0 Å². The van der Waals surface area contributed by atoms with Crippen molar-refractivity contribution in [1.82, 2.24) is 0 Å². The van der Waals surface area contributed by atoms with Crippen LogP contribution in [0.15, 0.2) is 0 Å². The lowest BCUT2D eigenvalue weighted by molar-refractivity contribution is -0.141. The standard InChI is InChI=1S/C8H15ClO2/c1-3-4-7(2)6-11-8(10)5-9/h7H,3-6H2,1-2H3. The molecule has 0 rings (SSSR count). The summed E-state index contributed by atoms with van der Waals surface area (Å²) in [6, 6.07) is 0. The van der Waals surface area contributed by atoms with Gasteiger partial charge in [-0.3, -0.25) is 4.79 Å². The van der Waals surface area contributed by atoms with Gasteiger partial charge in [-0.05, 0) is 12.3 Å². The van der Waals surface area contributed by atoms with Gasteiger partial charge in [0.1, 0.15) is 5.88 Å². The van der Waals surface area contributed by atoms with Gasteiger partial charge in [-0.1, -0.05) is 20.3 Å². The molecule has 0 N–H and O–H groups in total. The topological polar surface area (TPSA) is 26.3 Å². The number of carbonyl (C=O) groups excluding carboxylic acids is 1. The fraction of sp³-hybridized carbons (Fsp3) is 0.875. The molecule has 0 fully saturated rings. The first kappa shape index (κ1) is 10.8. The predicted molar refractivity (Wildman–Crippen MR) is 45.8 cm³/mol. The molecule has 0 aromatic heterocycles. The molecule has 0 heterocycles. The van der Waals surface area contributed by atoms with Gasteiger partial charge < -0.3 is 4.74 Å². The van der Waals surface area contributed by atoms with Crippen LogP contribution in [0, 0.1) is 5.92 Å². The van der Waals surface area contributed by atoms with Crippen molar-refractivity contribution in [2.75, 3.05) is 12.5 Å². The maximum Gasteiger partial charge on any atom is 0.320 e. The van der Waals surface area contributed by atoms with Crippen LogP contribution in [0.4, 0.5) is 0 Å². The van der Waals surface area contributed by atoms with Crippen LogP contribution >= 0.6 is 11.6 Å². The normalized spacial score (nSPS) is 12.6. The molecule has 2 nitrogen and oxygen atoms in total. The Morgan fingerprint density at radius 3 is 2.73 bits per heavy atom. The number of hydrogen-bond acceptors (Lipinski definition) is 2. The van der Waals surface area contributed by atoms with E-state index in [1.165, 1.54) is 0 Å². The zero-order valence-corrected chi connectivity index (χ0v) is 7.86. The van der Waals surface area contributed by atoms with E-state index >= 15 is 0 Å². The fourth-order valence-electron chi connectivity index (χ4n) is 0.850. The quantitative estimate of drug-likeness (QED) is 0.477. The van der Waals surface area contributed by atoms with Gasteiger partial charge in [0.25, 0.3) is 0 Å². The first-order valence-corrected chi connectivity index (χ1v) is 4.45. The van der Waals surface area contributed by atoms with E-state index in [2.05, 4.69) is 13.8 Å². The van der Waals surface area contributed by atoms with Crippen LogP contribution in [0.5, 0.6) is 0 Å². The van der Waals surface area contributed by atoms with Crippen LogP contribution in [0.25, 0.3) is 0 Å². The van der Waals surface area contributed by atoms with Crippen molar-refractivity contribution < 1.29 is 9.53 Å². The molecule has 0 amide bonds. The molecule has 66 valence electrons. The SMILES string of the molecule is CCCC(C)COC(=O)CCl. The van der Waals surface area contributed by atoms with Crippen molar-refractivity contribution in [3.8, 4) is 0 Å². The highest BCUT2D eigenvalue weighted by Gasteiger charge is 2.04. The smallest absolute Gasteiger partial charge is 0.320 e. The zero-order chi connectivity index (χ0) is 8.69. The van der Waals surface area contributed by atoms with Crippen molar-refractivity contribution in [2.24, 2.45) is 5.92 Å². The van der Waals surface area contributed by atoms with Crippen LogP contribution in [0.2, 0.25) is 0 Å². The molecule has 11 heavy (non-hydrogen) atoms. The van der Waals surface area contributed by atoms with E-state index in [1.54, 1.807) is 0 Å². The molecule has 0 aromatic rings. The summed E-state index contributed by atoms with van der Waals surface area (Å²) < 4.78 is 4.83. The molecule has 0 radical (unpaired) electrons. The molecule has 0 spiro atoms. The lowest BCUT2D eigenvalue weighted by atomic mass is 10.1. The molecule has 1 atom stereocenters. The van der Waals surface area contributed by atoms with Crippen molar-refractivity contribution in [2.45, 2.75) is 26.7 Å². The minimum Gasteiger partial charge on any atom is -0.465 e.